The Morgan fingerprint density at radius 3 is 2.76 bits per heavy atom. The molecule has 1 atom stereocenters. The molecule has 1 aliphatic heterocycles. The Morgan fingerprint density at radius 1 is 1.48 bits per heavy atom. The summed E-state index contributed by atoms with van der Waals surface area (Å²) in [5.41, 5.74) is 5.98. The molecule has 1 amide bonds. The van der Waals surface area contributed by atoms with E-state index in [0.717, 1.165) is 18.4 Å². The number of nitrogens with zero attached hydrogens (tertiary/aromatic N) is 1. The first-order valence-corrected chi connectivity index (χ1v) is 7.63. The van der Waals surface area contributed by atoms with Crippen LogP contribution in [0.5, 0.6) is 0 Å². The largest absolute Gasteiger partial charge is 0.444 e. The zero-order valence-corrected chi connectivity index (χ0v) is 13.6. The highest BCUT2D eigenvalue weighted by Crippen LogP contribution is 2.39. The predicted octanol–water partition coefficient (Wildman–Crippen LogP) is 3.52. The minimum Gasteiger partial charge on any atom is -0.444 e. The maximum absolute atomic E-state index is 12.5. The third kappa shape index (κ3) is 3.33. The Kier molecular flexibility index (Phi) is 4.49. The molecular weight excluding hydrogens is 288 g/mol. The van der Waals surface area contributed by atoms with Gasteiger partial charge in [-0.25, -0.2) is 4.79 Å². The summed E-state index contributed by atoms with van der Waals surface area (Å²) in [6.45, 7) is 6.60. The Labute approximate surface area is 131 Å². The molecule has 1 aromatic rings. The van der Waals surface area contributed by atoms with E-state index in [4.69, 9.17) is 22.1 Å². The van der Waals surface area contributed by atoms with Gasteiger partial charge in [0.1, 0.15) is 5.60 Å². The van der Waals surface area contributed by atoms with E-state index in [9.17, 15) is 4.79 Å². The number of nitrogens with two attached hydrogens (primary N) is 1. The zero-order chi connectivity index (χ0) is 15.7. The molecule has 0 aromatic heterocycles. The summed E-state index contributed by atoms with van der Waals surface area (Å²) in [5, 5.41) is 0.649. The summed E-state index contributed by atoms with van der Waals surface area (Å²) in [4.78, 5) is 14.3. The monoisotopic (exact) mass is 310 g/mol. The lowest BCUT2D eigenvalue weighted by molar-refractivity contribution is 0.00824. The fourth-order valence-corrected chi connectivity index (χ4v) is 3.06. The van der Waals surface area contributed by atoms with E-state index in [0.29, 0.717) is 18.1 Å². The van der Waals surface area contributed by atoms with Gasteiger partial charge in [-0.05, 0) is 51.3 Å². The lowest BCUT2D eigenvalue weighted by atomic mass is 9.87. The summed E-state index contributed by atoms with van der Waals surface area (Å²) in [6, 6.07) is 7.57. The third-order valence-corrected chi connectivity index (χ3v) is 4.04. The van der Waals surface area contributed by atoms with Crippen molar-refractivity contribution >= 4 is 17.7 Å². The number of carbonyl (C=O) groups excluding carboxylic acids is 1. The Hall–Kier alpha value is -1.26. The lowest BCUT2D eigenvalue weighted by Crippen LogP contribution is -2.51. The molecular formula is C16H23ClN2O2. The van der Waals surface area contributed by atoms with Crippen LogP contribution >= 0.6 is 11.6 Å². The molecule has 116 valence electrons. The molecule has 0 aliphatic carbocycles. The molecule has 1 fully saturated rings. The standard InChI is InChI=1S/C16H23ClN2O2/c1-15(2,3)21-14(20)19-9-5-8-16(19,11-18)12-6-4-7-13(17)10-12/h4,6-7,10H,5,8-9,11,18H2,1-3H3. The van der Waals surface area contributed by atoms with Gasteiger partial charge in [0, 0.05) is 18.1 Å². The van der Waals surface area contributed by atoms with E-state index in [1.165, 1.54) is 0 Å². The van der Waals surface area contributed by atoms with Crippen molar-refractivity contribution < 1.29 is 9.53 Å². The molecule has 0 saturated carbocycles. The van der Waals surface area contributed by atoms with Gasteiger partial charge in [0.25, 0.3) is 0 Å². The van der Waals surface area contributed by atoms with E-state index < -0.39 is 11.1 Å². The van der Waals surface area contributed by atoms with Crippen LogP contribution in [0.1, 0.15) is 39.2 Å². The van der Waals surface area contributed by atoms with Crippen LogP contribution in [0.2, 0.25) is 5.02 Å². The van der Waals surface area contributed by atoms with Crippen LogP contribution in [-0.4, -0.2) is 29.7 Å². The first kappa shape index (κ1) is 16.1. The predicted molar refractivity (Wildman–Crippen MR) is 84.4 cm³/mol. The van der Waals surface area contributed by atoms with Gasteiger partial charge in [0.05, 0.1) is 5.54 Å². The highest BCUT2D eigenvalue weighted by atomic mass is 35.5. The number of ether oxygens (including phenoxy) is 1. The van der Waals surface area contributed by atoms with Crippen LogP contribution in [-0.2, 0) is 10.3 Å². The molecule has 1 unspecified atom stereocenters. The van der Waals surface area contributed by atoms with Gasteiger partial charge in [-0.2, -0.15) is 0 Å². The molecule has 0 bridgehead atoms. The molecule has 0 spiro atoms. The summed E-state index contributed by atoms with van der Waals surface area (Å²) in [6.07, 6.45) is 1.41. The minimum absolute atomic E-state index is 0.314. The van der Waals surface area contributed by atoms with Crippen molar-refractivity contribution in [3.05, 3.63) is 34.9 Å². The molecule has 5 heteroatoms. The van der Waals surface area contributed by atoms with Crippen LogP contribution in [0.3, 0.4) is 0 Å². The minimum atomic E-state index is -0.521. The highest BCUT2D eigenvalue weighted by molar-refractivity contribution is 6.30. The molecule has 1 heterocycles. The SMILES string of the molecule is CC(C)(C)OC(=O)N1CCCC1(CN)c1cccc(Cl)c1. The number of carbonyl (C=O) groups is 1. The normalized spacial score (nSPS) is 22.4. The van der Waals surface area contributed by atoms with E-state index in [1.807, 2.05) is 45.0 Å². The Balaban J connectivity index is 2.35. The maximum atomic E-state index is 12.5. The zero-order valence-electron chi connectivity index (χ0n) is 12.9. The fourth-order valence-electron chi connectivity index (χ4n) is 2.87. The van der Waals surface area contributed by atoms with Crippen molar-refractivity contribution in [3.8, 4) is 0 Å². The average molecular weight is 311 g/mol. The molecule has 1 aromatic carbocycles. The second kappa shape index (κ2) is 5.85. The van der Waals surface area contributed by atoms with Crippen molar-refractivity contribution in [1.82, 2.24) is 4.90 Å². The number of halogens is 1. The summed E-state index contributed by atoms with van der Waals surface area (Å²) in [5.74, 6) is 0. The van der Waals surface area contributed by atoms with Gasteiger partial charge in [-0.3, -0.25) is 4.90 Å². The van der Waals surface area contributed by atoms with E-state index in [1.54, 1.807) is 4.90 Å². The molecule has 0 radical (unpaired) electrons. The van der Waals surface area contributed by atoms with Gasteiger partial charge in [0.2, 0.25) is 0 Å². The van der Waals surface area contributed by atoms with E-state index >= 15 is 0 Å². The first-order valence-electron chi connectivity index (χ1n) is 7.25. The van der Waals surface area contributed by atoms with Crippen LogP contribution in [0.25, 0.3) is 0 Å². The Bertz CT molecular complexity index is 527. The van der Waals surface area contributed by atoms with Crippen LogP contribution in [0, 0.1) is 0 Å². The van der Waals surface area contributed by atoms with Crippen LogP contribution in [0.15, 0.2) is 24.3 Å². The first-order chi connectivity index (χ1) is 9.78. The van der Waals surface area contributed by atoms with Gasteiger partial charge in [-0.1, -0.05) is 23.7 Å². The van der Waals surface area contributed by atoms with Gasteiger partial charge in [0.15, 0.2) is 0 Å². The second-order valence-corrected chi connectivity index (χ2v) is 6.92. The van der Waals surface area contributed by atoms with Crippen LogP contribution < -0.4 is 5.73 Å². The molecule has 2 rings (SSSR count). The van der Waals surface area contributed by atoms with Gasteiger partial charge in [-0.15, -0.1) is 0 Å². The molecule has 2 N–H and O–H groups in total. The lowest BCUT2D eigenvalue weighted by Gasteiger charge is -2.39. The van der Waals surface area contributed by atoms with Crippen molar-refractivity contribution in [2.45, 2.75) is 44.8 Å². The van der Waals surface area contributed by atoms with E-state index in [2.05, 4.69) is 0 Å². The van der Waals surface area contributed by atoms with Crippen molar-refractivity contribution in [2.75, 3.05) is 13.1 Å². The second-order valence-electron chi connectivity index (χ2n) is 6.48. The molecule has 4 nitrogen and oxygen atoms in total. The quantitative estimate of drug-likeness (QED) is 0.909. The summed E-state index contributed by atoms with van der Waals surface area (Å²) < 4.78 is 5.53. The van der Waals surface area contributed by atoms with Crippen molar-refractivity contribution in [1.29, 1.82) is 0 Å². The van der Waals surface area contributed by atoms with Gasteiger partial charge < -0.3 is 10.5 Å². The number of hydrogen-bond acceptors (Lipinski definition) is 3. The summed E-state index contributed by atoms with van der Waals surface area (Å²) in [7, 11) is 0. The maximum Gasteiger partial charge on any atom is 0.411 e. The van der Waals surface area contributed by atoms with Crippen molar-refractivity contribution in [3.63, 3.8) is 0 Å². The van der Waals surface area contributed by atoms with Gasteiger partial charge >= 0.3 is 6.09 Å². The topological polar surface area (TPSA) is 55.6 Å². The highest BCUT2D eigenvalue weighted by Gasteiger charge is 2.45. The van der Waals surface area contributed by atoms with Crippen molar-refractivity contribution in [2.24, 2.45) is 5.73 Å². The summed E-state index contributed by atoms with van der Waals surface area (Å²) >= 11 is 6.10. The number of rotatable bonds is 2. The fraction of sp³-hybridized carbons (Fsp3) is 0.562. The van der Waals surface area contributed by atoms with Crippen LogP contribution in [0.4, 0.5) is 4.79 Å². The molecule has 1 aliphatic rings. The smallest absolute Gasteiger partial charge is 0.411 e. The Morgan fingerprint density at radius 2 is 2.19 bits per heavy atom. The number of amides is 1. The number of hydrogen-bond donors (Lipinski definition) is 1. The third-order valence-electron chi connectivity index (χ3n) is 3.80. The molecule has 1 saturated heterocycles. The number of likely N-dealkylation sites (tertiary alicyclic amines) is 1. The van der Waals surface area contributed by atoms with E-state index in [-0.39, 0.29) is 6.09 Å². The number of benzene rings is 1. The molecule has 21 heavy (non-hydrogen) atoms. The average Bonchev–Trinajstić information content (AvgIpc) is 2.81.